The molecule has 0 atom stereocenters. The van der Waals surface area contributed by atoms with Gasteiger partial charge in [0.15, 0.2) is 0 Å². The number of para-hydroxylation sites is 2. The predicted molar refractivity (Wildman–Crippen MR) is 131 cm³/mol. The molecule has 0 aromatic heterocycles. The van der Waals surface area contributed by atoms with E-state index in [0.717, 1.165) is 12.0 Å². The minimum absolute atomic E-state index is 0.0366. The van der Waals surface area contributed by atoms with Gasteiger partial charge in [0, 0.05) is 11.1 Å². The molecule has 1 heterocycles. The summed E-state index contributed by atoms with van der Waals surface area (Å²) in [5, 5.41) is 0. The molecule has 1 nitrogen and oxygen atoms in total. The number of fused-ring (bicyclic) bond motifs is 4. The van der Waals surface area contributed by atoms with E-state index >= 15 is 0 Å². The molecular weight excluding hydrogens is 374 g/mol. The average molecular weight is 400 g/mol. The van der Waals surface area contributed by atoms with Crippen LogP contribution in [0.25, 0.3) is 5.57 Å². The molecule has 0 saturated carbocycles. The molecule has 1 aliphatic carbocycles. The largest absolute Gasteiger partial charge is 0.310 e. The van der Waals surface area contributed by atoms with Crippen LogP contribution in [0.15, 0.2) is 97.6 Å². The van der Waals surface area contributed by atoms with Crippen molar-refractivity contribution in [3.63, 3.8) is 0 Å². The fraction of sp³-hybridized carbons (Fsp3) is 0.133. The summed E-state index contributed by atoms with van der Waals surface area (Å²) >= 11 is 0. The first-order valence-electron chi connectivity index (χ1n) is 11.0. The molecule has 0 fully saturated rings. The van der Waals surface area contributed by atoms with Crippen LogP contribution in [0.1, 0.15) is 47.2 Å². The molecule has 0 unspecified atom stereocenters. The minimum Gasteiger partial charge on any atom is -0.310 e. The summed E-state index contributed by atoms with van der Waals surface area (Å²) in [4.78, 5) is 2.43. The third kappa shape index (κ3) is 2.56. The highest BCUT2D eigenvalue weighted by Gasteiger charge is 2.36. The van der Waals surface area contributed by atoms with Crippen molar-refractivity contribution in [2.75, 3.05) is 4.90 Å². The average Bonchev–Trinajstić information content (AvgIpc) is 2.79. The van der Waals surface area contributed by atoms with Gasteiger partial charge in [-0.15, -0.1) is 0 Å². The van der Waals surface area contributed by atoms with Crippen LogP contribution in [-0.2, 0) is 11.8 Å². The maximum absolute atomic E-state index is 4.42. The Balaban J connectivity index is 1.55. The second kappa shape index (κ2) is 6.46. The second-order valence-electron chi connectivity index (χ2n) is 9.15. The van der Waals surface area contributed by atoms with Crippen molar-refractivity contribution in [2.24, 2.45) is 0 Å². The van der Waals surface area contributed by atoms with Crippen LogP contribution in [0.2, 0.25) is 0 Å². The van der Waals surface area contributed by atoms with E-state index in [4.69, 9.17) is 0 Å². The van der Waals surface area contributed by atoms with Crippen molar-refractivity contribution >= 4 is 22.6 Å². The summed E-state index contributed by atoms with van der Waals surface area (Å²) in [7, 11) is 0. The summed E-state index contributed by atoms with van der Waals surface area (Å²) in [6, 6.07) is 33.2. The van der Waals surface area contributed by atoms with E-state index < -0.39 is 0 Å². The van der Waals surface area contributed by atoms with Crippen molar-refractivity contribution in [3.8, 4) is 0 Å². The van der Waals surface area contributed by atoms with E-state index in [9.17, 15) is 0 Å². The molecule has 31 heavy (non-hydrogen) atoms. The molecule has 0 saturated heterocycles. The van der Waals surface area contributed by atoms with Gasteiger partial charge < -0.3 is 4.90 Å². The lowest BCUT2D eigenvalue weighted by Gasteiger charge is -2.42. The smallest absolute Gasteiger partial charge is 0.0502 e. The predicted octanol–water partition coefficient (Wildman–Crippen LogP) is 7.76. The first-order chi connectivity index (χ1) is 15.1. The molecule has 1 heteroatoms. The zero-order valence-corrected chi connectivity index (χ0v) is 18.0. The number of anilines is 3. The number of hydrogen-bond donors (Lipinski definition) is 0. The molecule has 150 valence electrons. The Hall–Kier alpha value is -3.58. The Morgan fingerprint density at radius 3 is 1.97 bits per heavy atom. The topological polar surface area (TPSA) is 3.24 Å². The third-order valence-electron chi connectivity index (χ3n) is 7.03. The van der Waals surface area contributed by atoms with E-state index in [2.05, 4.69) is 116 Å². The van der Waals surface area contributed by atoms with Crippen molar-refractivity contribution in [2.45, 2.75) is 25.7 Å². The lowest BCUT2D eigenvalue weighted by atomic mass is 9.73. The maximum Gasteiger partial charge on any atom is 0.0502 e. The van der Waals surface area contributed by atoms with E-state index in [-0.39, 0.29) is 5.41 Å². The SMILES string of the molecule is C=C1c2ccccc2Cc2cc(N3c4ccccc4C(C)(C)c4ccccc43)ccc21. The Morgan fingerprint density at radius 1 is 0.677 bits per heavy atom. The van der Waals surface area contributed by atoms with Gasteiger partial charge in [-0.1, -0.05) is 87.2 Å². The van der Waals surface area contributed by atoms with E-state index in [1.807, 2.05) is 0 Å². The zero-order valence-electron chi connectivity index (χ0n) is 18.0. The minimum atomic E-state index is -0.0366. The fourth-order valence-corrected chi connectivity index (χ4v) is 5.43. The molecule has 6 rings (SSSR count). The first kappa shape index (κ1) is 18.2. The number of benzene rings is 4. The van der Waals surface area contributed by atoms with Crippen LogP contribution in [0.3, 0.4) is 0 Å². The van der Waals surface area contributed by atoms with Crippen LogP contribution >= 0.6 is 0 Å². The van der Waals surface area contributed by atoms with Gasteiger partial charge in [-0.3, -0.25) is 0 Å². The fourth-order valence-electron chi connectivity index (χ4n) is 5.43. The van der Waals surface area contributed by atoms with Gasteiger partial charge in [-0.2, -0.15) is 0 Å². The molecule has 0 bridgehead atoms. The summed E-state index contributed by atoms with van der Waals surface area (Å²) in [6.07, 6.45) is 0.945. The van der Waals surface area contributed by atoms with Gasteiger partial charge in [0.2, 0.25) is 0 Å². The zero-order chi connectivity index (χ0) is 21.2. The summed E-state index contributed by atoms with van der Waals surface area (Å²) < 4.78 is 0. The molecular formula is C30H25N. The highest BCUT2D eigenvalue weighted by atomic mass is 15.2. The molecule has 0 N–H and O–H groups in total. The van der Waals surface area contributed by atoms with Gasteiger partial charge in [0.25, 0.3) is 0 Å². The van der Waals surface area contributed by atoms with Crippen LogP contribution < -0.4 is 4.90 Å². The van der Waals surface area contributed by atoms with E-state index in [1.165, 1.54) is 50.4 Å². The lowest BCUT2D eigenvalue weighted by Crippen LogP contribution is -2.30. The molecule has 4 aromatic rings. The Morgan fingerprint density at radius 2 is 1.26 bits per heavy atom. The van der Waals surface area contributed by atoms with Gasteiger partial charge in [-0.25, -0.2) is 0 Å². The molecule has 0 spiro atoms. The van der Waals surface area contributed by atoms with Gasteiger partial charge in [-0.05, 0) is 69.6 Å². The second-order valence-corrected chi connectivity index (χ2v) is 9.15. The number of hydrogen-bond acceptors (Lipinski definition) is 1. The Kier molecular flexibility index (Phi) is 3.79. The molecule has 1 aliphatic heterocycles. The lowest BCUT2D eigenvalue weighted by molar-refractivity contribution is 0.632. The molecule has 2 aliphatic rings. The standard InChI is InChI=1S/C30H25N/c1-20-24-11-5-4-10-21(24)18-22-19-23(16-17-25(20)22)31-28-14-8-6-12-26(28)30(2,3)27-13-7-9-15-29(27)31/h4-17,19H,1,18H2,2-3H3. The summed E-state index contributed by atoms with van der Waals surface area (Å²) in [6.45, 7) is 9.07. The maximum atomic E-state index is 4.42. The molecule has 4 aromatic carbocycles. The van der Waals surface area contributed by atoms with Crippen LogP contribution in [0.4, 0.5) is 17.1 Å². The molecule has 0 amide bonds. The number of rotatable bonds is 1. The van der Waals surface area contributed by atoms with Gasteiger partial charge in [0.1, 0.15) is 0 Å². The van der Waals surface area contributed by atoms with Gasteiger partial charge in [0.05, 0.1) is 11.4 Å². The summed E-state index contributed by atoms with van der Waals surface area (Å²) in [5.74, 6) is 0. The van der Waals surface area contributed by atoms with Crippen molar-refractivity contribution in [3.05, 3.63) is 131 Å². The molecule has 0 radical (unpaired) electrons. The van der Waals surface area contributed by atoms with E-state index in [1.54, 1.807) is 0 Å². The quantitative estimate of drug-likeness (QED) is 0.278. The number of nitrogens with zero attached hydrogens (tertiary/aromatic N) is 1. The van der Waals surface area contributed by atoms with Crippen molar-refractivity contribution < 1.29 is 0 Å². The highest BCUT2D eigenvalue weighted by Crippen LogP contribution is 2.52. The first-order valence-corrected chi connectivity index (χ1v) is 11.0. The van der Waals surface area contributed by atoms with Gasteiger partial charge >= 0.3 is 0 Å². The monoisotopic (exact) mass is 399 g/mol. The highest BCUT2D eigenvalue weighted by molar-refractivity contribution is 5.89. The van der Waals surface area contributed by atoms with Crippen LogP contribution in [0.5, 0.6) is 0 Å². The van der Waals surface area contributed by atoms with Crippen molar-refractivity contribution in [1.29, 1.82) is 0 Å². The Bertz CT molecular complexity index is 1310. The third-order valence-corrected chi connectivity index (χ3v) is 7.03. The van der Waals surface area contributed by atoms with Crippen molar-refractivity contribution in [1.82, 2.24) is 0 Å². The van der Waals surface area contributed by atoms with E-state index in [0.29, 0.717) is 0 Å². The summed E-state index contributed by atoms with van der Waals surface area (Å²) in [5.41, 5.74) is 12.8. The van der Waals surface area contributed by atoms with Crippen LogP contribution in [-0.4, -0.2) is 0 Å². The van der Waals surface area contributed by atoms with Crippen LogP contribution in [0, 0.1) is 0 Å². The Labute approximate surface area is 184 Å². The normalized spacial score (nSPS) is 15.5.